The van der Waals surface area contributed by atoms with E-state index in [4.69, 9.17) is 10.5 Å². The summed E-state index contributed by atoms with van der Waals surface area (Å²) < 4.78 is 5.82. The Morgan fingerprint density at radius 1 is 1.19 bits per heavy atom. The van der Waals surface area contributed by atoms with Gasteiger partial charge in [0, 0.05) is 24.7 Å². The molecule has 0 atom stereocenters. The van der Waals surface area contributed by atoms with Crippen molar-refractivity contribution in [3.05, 3.63) is 23.8 Å². The fraction of sp³-hybridized carbons (Fsp3) is 0.588. The molecule has 0 saturated carbocycles. The molecule has 0 aliphatic heterocycles. The summed E-state index contributed by atoms with van der Waals surface area (Å²) >= 11 is 0. The third-order valence-corrected chi connectivity index (χ3v) is 3.37. The molecule has 0 unspecified atom stereocenters. The standard InChI is InChI=1S/C17H28N2O2/c1-3-4-5-6-7-8-11-21-17-10-9-16(18)12-15(17)13-19-14(2)20/h9-10,12H,3-8,11,13,18H2,1-2H3,(H,19,20). The van der Waals surface area contributed by atoms with Gasteiger partial charge in [0.05, 0.1) is 6.61 Å². The van der Waals surface area contributed by atoms with Crippen molar-refractivity contribution in [1.82, 2.24) is 5.32 Å². The maximum atomic E-state index is 11.0. The first-order chi connectivity index (χ1) is 10.1. The number of nitrogens with one attached hydrogen (secondary N) is 1. The van der Waals surface area contributed by atoms with Crippen LogP contribution in [0.4, 0.5) is 5.69 Å². The molecule has 118 valence electrons. The Morgan fingerprint density at radius 3 is 2.62 bits per heavy atom. The molecule has 0 saturated heterocycles. The molecule has 0 aliphatic carbocycles. The first kappa shape index (κ1) is 17.3. The predicted octanol–water partition coefficient (Wildman–Crippen LogP) is 3.64. The summed E-state index contributed by atoms with van der Waals surface area (Å²) in [6.45, 7) is 4.89. The smallest absolute Gasteiger partial charge is 0.217 e. The number of nitrogens with two attached hydrogens (primary N) is 1. The lowest BCUT2D eigenvalue weighted by atomic mass is 10.1. The highest BCUT2D eigenvalue weighted by Gasteiger charge is 2.05. The highest BCUT2D eigenvalue weighted by molar-refractivity contribution is 5.73. The summed E-state index contributed by atoms with van der Waals surface area (Å²) in [5.74, 6) is 0.755. The Labute approximate surface area is 128 Å². The van der Waals surface area contributed by atoms with Crippen molar-refractivity contribution >= 4 is 11.6 Å². The minimum atomic E-state index is -0.0562. The quantitative estimate of drug-likeness (QED) is 0.511. The van der Waals surface area contributed by atoms with Crippen LogP contribution in [0.3, 0.4) is 0 Å². The Hall–Kier alpha value is -1.71. The van der Waals surface area contributed by atoms with Crippen LogP contribution in [0.5, 0.6) is 5.75 Å². The van der Waals surface area contributed by atoms with Gasteiger partial charge in [-0.1, -0.05) is 39.0 Å². The first-order valence-electron chi connectivity index (χ1n) is 7.89. The minimum Gasteiger partial charge on any atom is -0.493 e. The Kier molecular flexibility index (Phi) is 8.32. The number of ether oxygens (including phenoxy) is 1. The van der Waals surface area contributed by atoms with Gasteiger partial charge in [-0.05, 0) is 24.6 Å². The molecule has 1 aromatic carbocycles. The van der Waals surface area contributed by atoms with Crippen LogP contribution in [-0.2, 0) is 11.3 Å². The molecule has 0 bridgehead atoms. The highest BCUT2D eigenvalue weighted by Crippen LogP contribution is 2.22. The van der Waals surface area contributed by atoms with Crippen molar-refractivity contribution in [3.63, 3.8) is 0 Å². The third-order valence-electron chi connectivity index (χ3n) is 3.37. The molecule has 4 heteroatoms. The molecule has 3 N–H and O–H groups in total. The van der Waals surface area contributed by atoms with Crippen LogP contribution in [-0.4, -0.2) is 12.5 Å². The van der Waals surface area contributed by atoms with Crippen LogP contribution < -0.4 is 15.8 Å². The highest BCUT2D eigenvalue weighted by atomic mass is 16.5. The van der Waals surface area contributed by atoms with Gasteiger partial charge in [0.2, 0.25) is 5.91 Å². The van der Waals surface area contributed by atoms with E-state index in [9.17, 15) is 4.79 Å². The van der Waals surface area contributed by atoms with E-state index in [1.54, 1.807) is 0 Å². The van der Waals surface area contributed by atoms with Crippen molar-refractivity contribution in [2.45, 2.75) is 58.9 Å². The number of hydrogen-bond donors (Lipinski definition) is 2. The van der Waals surface area contributed by atoms with Crippen LogP contribution in [0.2, 0.25) is 0 Å². The van der Waals surface area contributed by atoms with Crippen molar-refractivity contribution in [3.8, 4) is 5.75 Å². The van der Waals surface area contributed by atoms with Gasteiger partial charge in [-0.15, -0.1) is 0 Å². The lowest BCUT2D eigenvalue weighted by Gasteiger charge is -2.12. The zero-order chi connectivity index (χ0) is 15.5. The van der Waals surface area contributed by atoms with Crippen molar-refractivity contribution in [2.75, 3.05) is 12.3 Å². The minimum absolute atomic E-state index is 0.0562. The van der Waals surface area contributed by atoms with Crippen molar-refractivity contribution < 1.29 is 9.53 Å². The number of amides is 1. The van der Waals surface area contributed by atoms with E-state index in [-0.39, 0.29) is 5.91 Å². The van der Waals surface area contributed by atoms with Crippen LogP contribution in [0.15, 0.2) is 18.2 Å². The van der Waals surface area contributed by atoms with E-state index < -0.39 is 0 Å². The lowest BCUT2D eigenvalue weighted by Crippen LogP contribution is -2.19. The van der Waals surface area contributed by atoms with Crippen LogP contribution in [0.1, 0.15) is 57.9 Å². The fourth-order valence-corrected chi connectivity index (χ4v) is 2.16. The molecule has 21 heavy (non-hydrogen) atoms. The van der Waals surface area contributed by atoms with E-state index in [1.165, 1.54) is 39.0 Å². The molecule has 0 aliphatic rings. The van der Waals surface area contributed by atoms with Crippen LogP contribution in [0.25, 0.3) is 0 Å². The second kappa shape index (κ2) is 10.1. The number of rotatable bonds is 10. The largest absolute Gasteiger partial charge is 0.493 e. The van der Waals surface area contributed by atoms with Gasteiger partial charge in [-0.25, -0.2) is 0 Å². The maximum absolute atomic E-state index is 11.0. The second-order valence-electron chi connectivity index (χ2n) is 5.39. The number of nitrogen functional groups attached to an aromatic ring is 1. The van der Waals surface area contributed by atoms with Gasteiger partial charge in [0.25, 0.3) is 0 Å². The topological polar surface area (TPSA) is 64.3 Å². The Bertz CT molecular complexity index is 433. The lowest BCUT2D eigenvalue weighted by molar-refractivity contribution is -0.119. The SMILES string of the molecule is CCCCCCCCOc1ccc(N)cc1CNC(C)=O. The summed E-state index contributed by atoms with van der Waals surface area (Å²) in [5.41, 5.74) is 7.40. The summed E-state index contributed by atoms with van der Waals surface area (Å²) in [6.07, 6.45) is 7.45. The van der Waals surface area contributed by atoms with Gasteiger partial charge in [0.1, 0.15) is 5.75 Å². The molecule has 0 fully saturated rings. The number of anilines is 1. The maximum Gasteiger partial charge on any atom is 0.217 e. The average Bonchev–Trinajstić information content (AvgIpc) is 2.45. The molecule has 1 aromatic rings. The van der Waals surface area contributed by atoms with Gasteiger partial charge in [0.15, 0.2) is 0 Å². The van der Waals surface area contributed by atoms with Gasteiger partial charge in [-0.2, -0.15) is 0 Å². The average molecular weight is 292 g/mol. The number of unbranched alkanes of at least 4 members (excludes halogenated alkanes) is 5. The molecule has 1 amide bonds. The molecule has 0 heterocycles. The second-order valence-corrected chi connectivity index (χ2v) is 5.39. The number of carbonyl (C=O) groups excluding carboxylic acids is 1. The zero-order valence-electron chi connectivity index (χ0n) is 13.3. The predicted molar refractivity (Wildman–Crippen MR) is 87.2 cm³/mol. The molecule has 1 rings (SSSR count). The fourth-order valence-electron chi connectivity index (χ4n) is 2.16. The molecular weight excluding hydrogens is 264 g/mol. The first-order valence-corrected chi connectivity index (χ1v) is 7.89. The number of hydrogen-bond acceptors (Lipinski definition) is 3. The van der Waals surface area contributed by atoms with Gasteiger partial charge in [-0.3, -0.25) is 4.79 Å². The Balaban J connectivity index is 2.37. The van der Waals surface area contributed by atoms with Crippen molar-refractivity contribution in [1.29, 1.82) is 0 Å². The number of benzene rings is 1. The van der Waals surface area contributed by atoms with E-state index in [1.807, 2.05) is 18.2 Å². The monoisotopic (exact) mass is 292 g/mol. The van der Waals surface area contributed by atoms with Gasteiger partial charge >= 0.3 is 0 Å². The van der Waals surface area contributed by atoms with Crippen molar-refractivity contribution in [2.24, 2.45) is 0 Å². The van der Waals surface area contributed by atoms with E-state index in [2.05, 4.69) is 12.2 Å². The Morgan fingerprint density at radius 2 is 1.90 bits per heavy atom. The summed E-state index contributed by atoms with van der Waals surface area (Å²) in [5, 5.41) is 2.78. The molecule has 4 nitrogen and oxygen atoms in total. The number of carbonyl (C=O) groups is 1. The zero-order valence-corrected chi connectivity index (χ0v) is 13.3. The third kappa shape index (κ3) is 7.59. The van der Waals surface area contributed by atoms with E-state index in [0.29, 0.717) is 18.8 Å². The molecule has 0 aromatic heterocycles. The molecule has 0 spiro atoms. The summed E-state index contributed by atoms with van der Waals surface area (Å²) in [7, 11) is 0. The molecule has 0 radical (unpaired) electrons. The van der Waals surface area contributed by atoms with Crippen LogP contribution >= 0.6 is 0 Å². The normalized spacial score (nSPS) is 10.4. The van der Waals surface area contributed by atoms with E-state index in [0.717, 1.165) is 17.7 Å². The van der Waals surface area contributed by atoms with E-state index >= 15 is 0 Å². The van der Waals surface area contributed by atoms with Gasteiger partial charge < -0.3 is 15.8 Å². The summed E-state index contributed by atoms with van der Waals surface area (Å²) in [4.78, 5) is 11.0. The summed E-state index contributed by atoms with van der Waals surface area (Å²) in [6, 6.07) is 5.56. The van der Waals surface area contributed by atoms with Crippen LogP contribution in [0, 0.1) is 0 Å². The molecular formula is C17H28N2O2.